The van der Waals surface area contributed by atoms with E-state index in [-0.39, 0.29) is 0 Å². The number of halogens is 2. The first kappa shape index (κ1) is 8.06. The van der Waals surface area contributed by atoms with Crippen molar-refractivity contribution in [1.82, 2.24) is 0 Å². The van der Waals surface area contributed by atoms with E-state index in [0.717, 1.165) is 10.1 Å². The Morgan fingerprint density at radius 1 is 1.00 bits per heavy atom. The Balaban J connectivity index is 3.76. The Morgan fingerprint density at radius 3 is 1.38 bits per heavy atom. The van der Waals surface area contributed by atoms with Gasteiger partial charge in [0.2, 0.25) is 0 Å². The molecule has 0 aromatic carbocycles. The van der Waals surface area contributed by atoms with E-state index < -0.39 is 0 Å². The van der Waals surface area contributed by atoms with Gasteiger partial charge in [-0.05, 0) is 26.0 Å². The molecule has 0 rings (SSSR count). The van der Waals surface area contributed by atoms with Crippen LogP contribution >= 0.6 is 23.2 Å². The van der Waals surface area contributed by atoms with Crippen molar-refractivity contribution < 1.29 is 0 Å². The van der Waals surface area contributed by atoms with Gasteiger partial charge in [0.25, 0.3) is 0 Å². The van der Waals surface area contributed by atoms with Crippen LogP contribution < -0.4 is 0 Å². The molecule has 0 fully saturated rings. The minimum absolute atomic E-state index is 0.741. The van der Waals surface area contributed by atoms with Gasteiger partial charge in [-0.3, -0.25) is 0 Å². The SMILES string of the molecule is CC(Cl)=CC=C(C)Cl. The summed E-state index contributed by atoms with van der Waals surface area (Å²) in [6.45, 7) is 3.61. The average Bonchev–Trinajstić information content (AvgIpc) is 1.61. The first-order valence-electron chi connectivity index (χ1n) is 2.29. The van der Waals surface area contributed by atoms with Gasteiger partial charge < -0.3 is 0 Å². The highest BCUT2D eigenvalue weighted by Crippen LogP contribution is 2.02. The fraction of sp³-hybridized carbons (Fsp3) is 0.333. The molecule has 0 saturated carbocycles. The van der Waals surface area contributed by atoms with Crippen molar-refractivity contribution in [1.29, 1.82) is 0 Å². The number of hydrogen-bond acceptors (Lipinski definition) is 0. The summed E-state index contributed by atoms with van der Waals surface area (Å²) < 4.78 is 0. The lowest BCUT2D eigenvalue weighted by atomic mass is 10.4. The molecule has 0 saturated heterocycles. The third-order valence-corrected chi connectivity index (χ3v) is 0.795. The van der Waals surface area contributed by atoms with E-state index in [4.69, 9.17) is 23.2 Å². The summed E-state index contributed by atoms with van der Waals surface area (Å²) in [5.41, 5.74) is 0. The molecule has 0 amide bonds. The summed E-state index contributed by atoms with van der Waals surface area (Å²) in [5.74, 6) is 0. The van der Waals surface area contributed by atoms with Crippen LogP contribution in [0.1, 0.15) is 13.8 Å². The molecule has 0 spiro atoms. The minimum Gasteiger partial charge on any atom is -0.0895 e. The van der Waals surface area contributed by atoms with Crippen LogP contribution in [0.15, 0.2) is 22.2 Å². The van der Waals surface area contributed by atoms with E-state index in [9.17, 15) is 0 Å². The highest BCUT2D eigenvalue weighted by Gasteiger charge is 1.75. The van der Waals surface area contributed by atoms with Gasteiger partial charge in [0.05, 0.1) is 0 Å². The van der Waals surface area contributed by atoms with Crippen LogP contribution in [0, 0.1) is 0 Å². The van der Waals surface area contributed by atoms with E-state index in [1.165, 1.54) is 0 Å². The lowest BCUT2D eigenvalue weighted by Crippen LogP contribution is -1.57. The van der Waals surface area contributed by atoms with Crippen LogP contribution in [0.25, 0.3) is 0 Å². The summed E-state index contributed by atoms with van der Waals surface area (Å²) in [5, 5.41) is 1.48. The van der Waals surface area contributed by atoms with Gasteiger partial charge in [-0.2, -0.15) is 0 Å². The third kappa shape index (κ3) is 6.06. The van der Waals surface area contributed by atoms with E-state index in [0.29, 0.717) is 0 Å². The maximum atomic E-state index is 5.48. The first-order chi connectivity index (χ1) is 3.63. The van der Waals surface area contributed by atoms with Crippen molar-refractivity contribution in [3.8, 4) is 0 Å². The lowest BCUT2D eigenvalue weighted by molar-refractivity contribution is 1.61. The van der Waals surface area contributed by atoms with Crippen LogP contribution in [0.4, 0.5) is 0 Å². The molecular formula is C6H8Cl2. The first-order valence-corrected chi connectivity index (χ1v) is 3.04. The van der Waals surface area contributed by atoms with E-state index in [1.807, 2.05) is 0 Å². The molecule has 0 bridgehead atoms. The molecule has 8 heavy (non-hydrogen) atoms. The molecular weight excluding hydrogens is 143 g/mol. The van der Waals surface area contributed by atoms with Crippen molar-refractivity contribution in [2.75, 3.05) is 0 Å². The van der Waals surface area contributed by atoms with E-state index >= 15 is 0 Å². The zero-order valence-corrected chi connectivity index (χ0v) is 6.42. The smallest absolute Gasteiger partial charge is 0.0150 e. The summed E-state index contributed by atoms with van der Waals surface area (Å²) in [6, 6.07) is 0. The highest BCUT2D eigenvalue weighted by molar-refractivity contribution is 6.30. The zero-order valence-electron chi connectivity index (χ0n) is 4.91. The fourth-order valence-electron chi connectivity index (χ4n) is 0.230. The maximum Gasteiger partial charge on any atom is 0.0150 e. The molecule has 0 aliphatic carbocycles. The monoisotopic (exact) mass is 150 g/mol. The second-order valence-corrected chi connectivity index (χ2v) is 2.70. The molecule has 0 N–H and O–H groups in total. The Hall–Kier alpha value is 0.0600. The molecule has 0 nitrogen and oxygen atoms in total. The Kier molecular flexibility index (Phi) is 4.02. The van der Waals surface area contributed by atoms with Gasteiger partial charge in [-0.25, -0.2) is 0 Å². The minimum atomic E-state index is 0.741. The largest absolute Gasteiger partial charge is 0.0895 e. The molecule has 2 heteroatoms. The second-order valence-electron chi connectivity index (χ2n) is 1.51. The quantitative estimate of drug-likeness (QED) is 0.504. The fourth-order valence-corrected chi connectivity index (χ4v) is 0.356. The molecule has 46 valence electrons. The van der Waals surface area contributed by atoms with Gasteiger partial charge in [0.15, 0.2) is 0 Å². The van der Waals surface area contributed by atoms with Gasteiger partial charge >= 0.3 is 0 Å². The Labute approximate surface area is 59.8 Å². The van der Waals surface area contributed by atoms with Crippen LogP contribution in [-0.4, -0.2) is 0 Å². The normalized spacial score (nSPS) is 14.5. The van der Waals surface area contributed by atoms with Gasteiger partial charge in [-0.1, -0.05) is 23.2 Å². The molecule has 0 aliphatic rings. The van der Waals surface area contributed by atoms with Crippen molar-refractivity contribution in [3.63, 3.8) is 0 Å². The lowest BCUT2D eigenvalue weighted by Gasteiger charge is -1.80. The van der Waals surface area contributed by atoms with Crippen molar-refractivity contribution in [2.45, 2.75) is 13.8 Å². The highest BCUT2D eigenvalue weighted by atomic mass is 35.5. The van der Waals surface area contributed by atoms with Crippen molar-refractivity contribution in [3.05, 3.63) is 22.2 Å². The number of hydrogen-bond donors (Lipinski definition) is 0. The Morgan fingerprint density at radius 2 is 1.25 bits per heavy atom. The topological polar surface area (TPSA) is 0 Å². The maximum absolute atomic E-state index is 5.48. The van der Waals surface area contributed by atoms with E-state index in [1.54, 1.807) is 26.0 Å². The van der Waals surface area contributed by atoms with Crippen molar-refractivity contribution >= 4 is 23.2 Å². The van der Waals surface area contributed by atoms with Crippen molar-refractivity contribution in [2.24, 2.45) is 0 Å². The van der Waals surface area contributed by atoms with Crippen LogP contribution in [0.3, 0.4) is 0 Å². The van der Waals surface area contributed by atoms with E-state index in [2.05, 4.69) is 0 Å². The average molecular weight is 151 g/mol. The third-order valence-electron chi connectivity index (χ3n) is 0.543. The molecule has 0 radical (unpaired) electrons. The summed E-state index contributed by atoms with van der Waals surface area (Å²) in [7, 11) is 0. The summed E-state index contributed by atoms with van der Waals surface area (Å²) >= 11 is 11.0. The van der Waals surface area contributed by atoms with Gasteiger partial charge in [0, 0.05) is 10.1 Å². The zero-order chi connectivity index (χ0) is 6.57. The predicted molar refractivity (Wildman–Crippen MR) is 39.2 cm³/mol. The molecule has 0 aliphatic heterocycles. The molecule has 0 aromatic rings. The Bertz CT molecular complexity index is 98.5. The van der Waals surface area contributed by atoms with Crippen LogP contribution in [-0.2, 0) is 0 Å². The van der Waals surface area contributed by atoms with Crippen LogP contribution in [0.5, 0.6) is 0 Å². The van der Waals surface area contributed by atoms with Gasteiger partial charge in [0.1, 0.15) is 0 Å². The summed E-state index contributed by atoms with van der Waals surface area (Å²) in [6.07, 6.45) is 3.51. The number of allylic oxidation sites excluding steroid dienone is 4. The standard InChI is InChI=1S/C6H8Cl2/c1-5(7)3-4-6(2)8/h3-4H,1-2H3. The molecule has 0 aromatic heterocycles. The molecule has 0 unspecified atom stereocenters. The van der Waals surface area contributed by atoms with Crippen LogP contribution in [0.2, 0.25) is 0 Å². The second kappa shape index (κ2) is 3.99. The predicted octanol–water partition coefficient (Wildman–Crippen LogP) is 3.27. The number of rotatable bonds is 1. The summed E-state index contributed by atoms with van der Waals surface area (Å²) in [4.78, 5) is 0. The molecule has 0 heterocycles. The molecule has 0 atom stereocenters. The van der Waals surface area contributed by atoms with Gasteiger partial charge in [-0.15, -0.1) is 0 Å².